The molecular weight excluding hydrogens is 413 g/mol. The number of nitrogens with one attached hydrogen (secondary N) is 1. The third-order valence-electron chi connectivity index (χ3n) is 4.93. The minimum absolute atomic E-state index is 0.216. The van der Waals surface area contributed by atoms with E-state index in [2.05, 4.69) is 15.5 Å². The van der Waals surface area contributed by atoms with Gasteiger partial charge in [-0.2, -0.15) is 10.2 Å². The lowest BCUT2D eigenvalue weighted by molar-refractivity contribution is 0.103. The van der Waals surface area contributed by atoms with Crippen molar-refractivity contribution in [2.24, 2.45) is 0 Å². The van der Waals surface area contributed by atoms with E-state index in [1.54, 1.807) is 29.1 Å². The molecule has 0 aliphatic heterocycles. The van der Waals surface area contributed by atoms with E-state index in [9.17, 15) is 9.18 Å². The highest BCUT2D eigenvalue weighted by molar-refractivity contribution is 7.20. The zero-order chi connectivity index (χ0) is 21.4. The number of benzene rings is 2. The maximum absolute atomic E-state index is 13.2. The lowest BCUT2D eigenvalue weighted by Crippen LogP contribution is -2.11. The smallest absolute Gasteiger partial charge is 0.267 e. The summed E-state index contributed by atoms with van der Waals surface area (Å²) in [4.78, 5) is 14.3. The average molecular weight is 431 g/mol. The molecule has 8 heteroatoms. The first-order valence-corrected chi connectivity index (χ1v) is 10.5. The fourth-order valence-corrected chi connectivity index (χ4v) is 4.44. The largest absolute Gasteiger partial charge is 0.304 e. The Hall–Kier alpha value is -3.78. The fourth-order valence-electron chi connectivity index (χ4n) is 3.39. The molecule has 5 rings (SSSR count). The summed E-state index contributed by atoms with van der Waals surface area (Å²) in [5.41, 5.74) is 2.71. The predicted octanol–water partition coefficient (Wildman–Crippen LogP) is 5.03. The number of amides is 1. The van der Waals surface area contributed by atoms with Crippen molar-refractivity contribution in [2.75, 3.05) is 5.32 Å². The lowest BCUT2D eigenvalue weighted by Gasteiger charge is -2.03. The van der Waals surface area contributed by atoms with Gasteiger partial charge in [0.1, 0.15) is 10.6 Å². The summed E-state index contributed by atoms with van der Waals surface area (Å²) in [5.74, 6) is -0.00135. The number of aromatic nitrogens is 4. The number of halogens is 1. The summed E-state index contributed by atoms with van der Waals surface area (Å²) in [6.07, 6.45) is 1.81. The molecule has 154 valence electrons. The SMILES string of the molecule is Cc1nn(Cc2ccc(F)cc2)c2sc(C(=O)Nc3ccn(-c4ccccc4)n3)cc12. The van der Waals surface area contributed by atoms with E-state index in [0.29, 0.717) is 17.2 Å². The van der Waals surface area contributed by atoms with Gasteiger partial charge < -0.3 is 5.32 Å². The van der Waals surface area contributed by atoms with Crippen LogP contribution < -0.4 is 5.32 Å². The van der Waals surface area contributed by atoms with Crippen LogP contribution in [0, 0.1) is 12.7 Å². The minimum atomic E-state index is -0.268. The highest BCUT2D eigenvalue weighted by atomic mass is 32.1. The molecule has 0 unspecified atom stereocenters. The van der Waals surface area contributed by atoms with Gasteiger partial charge in [-0.1, -0.05) is 30.3 Å². The number of carbonyl (C=O) groups is 1. The number of hydrogen-bond acceptors (Lipinski definition) is 4. The summed E-state index contributed by atoms with van der Waals surface area (Å²) in [6.45, 7) is 2.42. The molecular formula is C23H18FN5OS. The van der Waals surface area contributed by atoms with Gasteiger partial charge in [0, 0.05) is 17.6 Å². The summed E-state index contributed by atoms with van der Waals surface area (Å²) < 4.78 is 16.7. The first-order valence-electron chi connectivity index (χ1n) is 9.71. The Kier molecular flexibility index (Phi) is 4.83. The maximum atomic E-state index is 13.2. The highest BCUT2D eigenvalue weighted by Gasteiger charge is 2.17. The minimum Gasteiger partial charge on any atom is -0.304 e. The molecule has 31 heavy (non-hydrogen) atoms. The van der Waals surface area contributed by atoms with Gasteiger partial charge in [-0.05, 0) is 42.8 Å². The van der Waals surface area contributed by atoms with Crippen LogP contribution in [0.25, 0.3) is 15.9 Å². The van der Waals surface area contributed by atoms with Crippen molar-refractivity contribution in [1.82, 2.24) is 19.6 Å². The summed E-state index contributed by atoms with van der Waals surface area (Å²) in [6, 6.07) is 19.7. The normalized spacial score (nSPS) is 11.2. The monoisotopic (exact) mass is 431 g/mol. The number of fused-ring (bicyclic) bond motifs is 1. The Morgan fingerprint density at radius 2 is 1.84 bits per heavy atom. The molecule has 0 aliphatic rings. The van der Waals surface area contributed by atoms with Gasteiger partial charge in [-0.3, -0.25) is 9.48 Å². The van der Waals surface area contributed by atoms with Gasteiger partial charge in [0.05, 0.1) is 22.8 Å². The van der Waals surface area contributed by atoms with Gasteiger partial charge in [-0.15, -0.1) is 11.3 Å². The zero-order valence-electron chi connectivity index (χ0n) is 16.6. The first kappa shape index (κ1) is 19.2. The number of anilines is 1. The predicted molar refractivity (Wildman–Crippen MR) is 119 cm³/mol. The molecule has 3 aromatic heterocycles. The molecule has 0 fully saturated rings. The van der Waals surface area contributed by atoms with Crippen LogP contribution in [-0.4, -0.2) is 25.5 Å². The van der Waals surface area contributed by atoms with E-state index in [4.69, 9.17) is 0 Å². The number of aryl methyl sites for hydroxylation is 1. The second kappa shape index (κ2) is 7.81. The van der Waals surface area contributed by atoms with E-state index >= 15 is 0 Å². The van der Waals surface area contributed by atoms with Crippen LogP contribution in [0.5, 0.6) is 0 Å². The highest BCUT2D eigenvalue weighted by Crippen LogP contribution is 2.29. The van der Waals surface area contributed by atoms with Gasteiger partial charge in [0.2, 0.25) is 0 Å². The molecule has 3 heterocycles. The van der Waals surface area contributed by atoms with Gasteiger partial charge in [-0.25, -0.2) is 9.07 Å². The Balaban J connectivity index is 1.37. The summed E-state index contributed by atoms with van der Waals surface area (Å²) >= 11 is 1.38. The topological polar surface area (TPSA) is 64.7 Å². The lowest BCUT2D eigenvalue weighted by atomic mass is 10.2. The van der Waals surface area contributed by atoms with Crippen molar-refractivity contribution in [2.45, 2.75) is 13.5 Å². The van der Waals surface area contributed by atoms with Gasteiger partial charge in [0.15, 0.2) is 5.82 Å². The Bertz CT molecular complexity index is 1370. The number of hydrogen-bond donors (Lipinski definition) is 1. The van der Waals surface area contributed by atoms with Crippen molar-refractivity contribution >= 4 is 33.3 Å². The number of nitrogens with zero attached hydrogens (tertiary/aromatic N) is 4. The van der Waals surface area contributed by atoms with Crippen molar-refractivity contribution < 1.29 is 9.18 Å². The maximum Gasteiger partial charge on any atom is 0.267 e. The molecule has 6 nitrogen and oxygen atoms in total. The molecule has 0 bridgehead atoms. The van der Waals surface area contributed by atoms with Crippen molar-refractivity contribution in [1.29, 1.82) is 0 Å². The number of thiophene rings is 1. The second-order valence-corrected chi connectivity index (χ2v) is 8.16. The summed E-state index contributed by atoms with van der Waals surface area (Å²) in [5, 5.41) is 12.8. The molecule has 0 saturated carbocycles. The molecule has 0 spiro atoms. The Morgan fingerprint density at radius 1 is 1.06 bits per heavy atom. The number of rotatable bonds is 5. The quantitative estimate of drug-likeness (QED) is 0.424. The third-order valence-corrected chi connectivity index (χ3v) is 6.08. The van der Waals surface area contributed by atoms with E-state index in [1.165, 1.54) is 23.5 Å². The van der Waals surface area contributed by atoms with Crippen LogP contribution in [0.15, 0.2) is 72.9 Å². The molecule has 0 radical (unpaired) electrons. The Labute approximate surface area is 181 Å². The van der Waals surface area contributed by atoms with Crippen molar-refractivity contribution in [3.8, 4) is 5.69 Å². The van der Waals surface area contributed by atoms with E-state index in [-0.39, 0.29) is 11.7 Å². The molecule has 1 N–H and O–H groups in total. The average Bonchev–Trinajstić information content (AvgIpc) is 3.48. The fraction of sp³-hybridized carbons (Fsp3) is 0.0870. The molecule has 0 saturated heterocycles. The third kappa shape index (κ3) is 3.85. The Morgan fingerprint density at radius 3 is 2.61 bits per heavy atom. The van der Waals surface area contributed by atoms with Crippen LogP contribution >= 0.6 is 11.3 Å². The number of carbonyl (C=O) groups excluding carboxylic acids is 1. The number of para-hydroxylation sites is 1. The second-order valence-electron chi connectivity index (χ2n) is 7.13. The van der Waals surface area contributed by atoms with Crippen LogP contribution in [-0.2, 0) is 6.54 Å². The van der Waals surface area contributed by atoms with E-state index in [1.807, 2.05) is 48.0 Å². The standard InChI is InChI=1S/C23H18FN5OS/c1-15-19-13-20(31-23(19)29(26-15)14-16-7-9-17(24)10-8-16)22(30)25-21-11-12-28(27-21)18-5-3-2-4-6-18/h2-13H,14H2,1H3,(H,25,27,30). The van der Waals surface area contributed by atoms with Gasteiger partial charge >= 0.3 is 0 Å². The summed E-state index contributed by atoms with van der Waals surface area (Å²) in [7, 11) is 0. The van der Waals surface area contributed by atoms with Gasteiger partial charge in [0.25, 0.3) is 5.91 Å². The van der Waals surface area contributed by atoms with Crippen molar-refractivity contribution in [3.05, 3.63) is 94.9 Å². The van der Waals surface area contributed by atoms with Crippen molar-refractivity contribution in [3.63, 3.8) is 0 Å². The molecule has 0 aliphatic carbocycles. The van der Waals surface area contributed by atoms with Crippen LogP contribution in [0.1, 0.15) is 20.9 Å². The molecule has 1 amide bonds. The van der Waals surface area contributed by atoms with Crippen LogP contribution in [0.3, 0.4) is 0 Å². The first-order chi connectivity index (χ1) is 15.1. The van der Waals surface area contributed by atoms with Crippen LogP contribution in [0.4, 0.5) is 10.2 Å². The van der Waals surface area contributed by atoms with Crippen LogP contribution in [0.2, 0.25) is 0 Å². The molecule has 2 aromatic carbocycles. The van der Waals surface area contributed by atoms with E-state index in [0.717, 1.165) is 27.2 Å². The molecule has 5 aromatic rings. The zero-order valence-corrected chi connectivity index (χ0v) is 17.4. The molecule has 0 atom stereocenters. The van der Waals surface area contributed by atoms with E-state index < -0.39 is 0 Å².